The third-order valence-corrected chi connectivity index (χ3v) is 3.49. The zero-order valence-corrected chi connectivity index (χ0v) is 11.5. The van der Waals surface area contributed by atoms with Gasteiger partial charge in [-0.1, -0.05) is 48.0 Å². The molecule has 21 heavy (non-hydrogen) atoms. The van der Waals surface area contributed by atoms with E-state index >= 15 is 0 Å². The lowest BCUT2D eigenvalue weighted by molar-refractivity contribution is -0.215. The molecule has 5 N–H and O–H groups in total. The number of nitrogens with one attached hydrogen (secondary N) is 3. The van der Waals surface area contributed by atoms with E-state index in [4.69, 9.17) is 11.1 Å². The molecule has 0 radical (unpaired) electrons. The van der Waals surface area contributed by atoms with Crippen LogP contribution in [0.25, 0.3) is 16.8 Å². The first-order chi connectivity index (χ1) is 10.1. The number of hydrazine groups is 1. The Morgan fingerprint density at radius 2 is 1.81 bits per heavy atom. The number of rotatable bonds is 2. The van der Waals surface area contributed by atoms with Crippen LogP contribution in [0.5, 0.6) is 0 Å². The molecule has 106 valence electrons. The van der Waals surface area contributed by atoms with E-state index < -0.39 is 5.90 Å². The summed E-state index contributed by atoms with van der Waals surface area (Å²) in [6.45, 7) is 2.04. The third-order valence-electron chi connectivity index (χ3n) is 3.49. The first-order valence-corrected chi connectivity index (χ1v) is 6.56. The van der Waals surface area contributed by atoms with Gasteiger partial charge in [-0.3, -0.25) is 10.9 Å². The Balaban J connectivity index is 2.19. The van der Waals surface area contributed by atoms with Crippen LogP contribution in [0.15, 0.2) is 48.2 Å². The molecule has 0 saturated heterocycles. The SMILES string of the molecule is Cc1cccc(-c2cccc3c2NNC(C(=N)[O-])=C3N)c1. The number of hydrogen-bond acceptors (Lipinski definition) is 5. The van der Waals surface area contributed by atoms with Gasteiger partial charge in [-0.25, -0.2) is 0 Å². The Labute approximate surface area is 122 Å². The molecule has 0 aromatic heterocycles. The molecular weight excluding hydrogens is 264 g/mol. The topological polar surface area (TPSA) is 97.0 Å². The smallest absolute Gasteiger partial charge is 0.0876 e. The molecule has 1 heterocycles. The summed E-state index contributed by atoms with van der Waals surface area (Å²) in [4.78, 5) is 0. The molecule has 5 heteroatoms. The van der Waals surface area contributed by atoms with Gasteiger partial charge in [0.2, 0.25) is 0 Å². The predicted octanol–water partition coefficient (Wildman–Crippen LogP) is 1.56. The molecular formula is C16H15N4O-. The number of para-hydroxylation sites is 1. The minimum absolute atomic E-state index is 0.0730. The first kappa shape index (κ1) is 13.1. The third kappa shape index (κ3) is 2.18. The van der Waals surface area contributed by atoms with Gasteiger partial charge in [-0.05, 0) is 12.5 Å². The lowest BCUT2D eigenvalue weighted by atomic mass is 9.96. The number of hydrogen-bond donors (Lipinski definition) is 4. The van der Waals surface area contributed by atoms with Crippen molar-refractivity contribution >= 4 is 17.3 Å². The second-order valence-corrected chi connectivity index (χ2v) is 4.97. The standard InChI is InChI=1S/C16H16N4O/c1-9-4-2-5-10(8-9)11-6-3-7-12-13(17)15(16(18)21)20-19-14(11)12/h2-8,19-20H,17H2,1H3,(H2,18,21)/p-1. The van der Waals surface area contributed by atoms with Crippen LogP contribution >= 0.6 is 0 Å². The summed E-state index contributed by atoms with van der Waals surface area (Å²) in [6, 6.07) is 13.9. The minimum Gasteiger partial charge on any atom is -0.858 e. The number of anilines is 1. The van der Waals surface area contributed by atoms with Gasteiger partial charge < -0.3 is 16.2 Å². The zero-order chi connectivity index (χ0) is 15.0. The van der Waals surface area contributed by atoms with Crippen LogP contribution in [0.4, 0.5) is 5.69 Å². The molecule has 3 rings (SSSR count). The van der Waals surface area contributed by atoms with Crippen LogP contribution < -0.4 is 21.7 Å². The van der Waals surface area contributed by atoms with Gasteiger partial charge in [-0.2, -0.15) is 0 Å². The van der Waals surface area contributed by atoms with Gasteiger partial charge in [-0.15, -0.1) is 0 Å². The summed E-state index contributed by atoms with van der Waals surface area (Å²) in [5.74, 6) is -0.841. The van der Waals surface area contributed by atoms with Gasteiger partial charge in [0.25, 0.3) is 0 Å². The van der Waals surface area contributed by atoms with Crippen molar-refractivity contribution in [2.75, 3.05) is 5.43 Å². The molecule has 0 atom stereocenters. The summed E-state index contributed by atoms with van der Waals surface area (Å²) in [7, 11) is 0. The quantitative estimate of drug-likeness (QED) is 0.495. The summed E-state index contributed by atoms with van der Waals surface area (Å²) < 4.78 is 0. The molecule has 5 nitrogen and oxygen atoms in total. The second kappa shape index (κ2) is 4.86. The monoisotopic (exact) mass is 279 g/mol. The van der Waals surface area contributed by atoms with E-state index in [2.05, 4.69) is 16.9 Å². The molecule has 2 aromatic carbocycles. The highest BCUT2D eigenvalue weighted by molar-refractivity contribution is 6.01. The molecule has 2 aromatic rings. The van der Waals surface area contributed by atoms with Crippen molar-refractivity contribution in [3.8, 4) is 11.1 Å². The van der Waals surface area contributed by atoms with Crippen molar-refractivity contribution in [1.82, 2.24) is 5.43 Å². The number of aryl methyl sites for hydroxylation is 1. The zero-order valence-electron chi connectivity index (χ0n) is 11.5. The highest BCUT2D eigenvalue weighted by atomic mass is 16.3. The van der Waals surface area contributed by atoms with Crippen molar-refractivity contribution in [2.24, 2.45) is 5.73 Å². The molecule has 0 fully saturated rings. The van der Waals surface area contributed by atoms with Crippen LogP contribution in [0.3, 0.4) is 0 Å². The van der Waals surface area contributed by atoms with Crippen molar-refractivity contribution in [1.29, 1.82) is 5.41 Å². The van der Waals surface area contributed by atoms with Gasteiger partial charge in [0.1, 0.15) is 0 Å². The molecule has 0 unspecified atom stereocenters. The summed E-state index contributed by atoms with van der Waals surface area (Å²) in [5.41, 5.74) is 16.8. The first-order valence-electron chi connectivity index (χ1n) is 6.56. The Bertz CT molecular complexity index is 765. The molecule has 0 spiro atoms. The van der Waals surface area contributed by atoms with Crippen molar-refractivity contribution in [2.45, 2.75) is 6.92 Å². The largest absolute Gasteiger partial charge is 0.858 e. The lowest BCUT2D eigenvalue weighted by Crippen LogP contribution is -2.37. The molecule has 1 aliphatic rings. The fraction of sp³-hybridized carbons (Fsp3) is 0.0625. The number of nitrogens with two attached hydrogens (primary N) is 1. The molecule has 0 aliphatic carbocycles. The highest BCUT2D eigenvalue weighted by Crippen LogP contribution is 2.35. The van der Waals surface area contributed by atoms with E-state index in [1.165, 1.54) is 5.56 Å². The van der Waals surface area contributed by atoms with E-state index in [1.807, 2.05) is 43.3 Å². The maximum atomic E-state index is 11.2. The van der Waals surface area contributed by atoms with Gasteiger partial charge in [0.05, 0.1) is 17.1 Å². The predicted molar refractivity (Wildman–Crippen MR) is 82.2 cm³/mol. The van der Waals surface area contributed by atoms with Crippen LogP contribution in [-0.2, 0) is 0 Å². The van der Waals surface area contributed by atoms with E-state index in [9.17, 15) is 5.11 Å². The van der Waals surface area contributed by atoms with Crippen LogP contribution in [0, 0.1) is 12.3 Å². The summed E-state index contributed by atoms with van der Waals surface area (Å²) in [5, 5.41) is 18.5. The number of benzene rings is 2. The second-order valence-electron chi connectivity index (χ2n) is 4.97. The van der Waals surface area contributed by atoms with Gasteiger partial charge in [0, 0.05) is 17.0 Å². The Kier molecular flexibility index (Phi) is 3.02. The Hall–Kier alpha value is -2.95. The fourth-order valence-electron chi connectivity index (χ4n) is 2.47. The maximum absolute atomic E-state index is 11.2. The fourth-order valence-corrected chi connectivity index (χ4v) is 2.47. The average Bonchev–Trinajstić information content (AvgIpc) is 2.47. The van der Waals surface area contributed by atoms with E-state index in [-0.39, 0.29) is 5.70 Å². The van der Waals surface area contributed by atoms with E-state index in [0.29, 0.717) is 5.70 Å². The summed E-state index contributed by atoms with van der Waals surface area (Å²) >= 11 is 0. The van der Waals surface area contributed by atoms with Crippen LogP contribution in [0.1, 0.15) is 11.1 Å². The average molecular weight is 279 g/mol. The highest BCUT2D eigenvalue weighted by Gasteiger charge is 2.19. The Morgan fingerprint density at radius 3 is 2.52 bits per heavy atom. The molecule has 0 saturated carbocycles. The van der Waals surface area contributed by atoms with E-state index in [1.54, 1.807) is 0 Å². The van der Waals surface area contributed by atoms with Crippen LogP contribution in [-0.4, -0.2) is 5.90 Å². The van der Waals surface area contributed by atoms with E-state index in [0.717, 1.165) is 22.4 Å². The van der Waals surface area contributed by atoms with Gasteiger partial charge >= 0.3 is 0 Å². The Morgan fingerprint density at radius 1 is 1.10 bits per heavy atom. The molecule has 1 aliphatic heterocycles. The van der Waals surface area contributed by atoms with Crippen LogP contribution in [0.2, 0.25) is 0 Å². The van der Waals surface area contributed by atoms with Crippen molar-refractivity contribution in [3.05, 3.63) is 59.3 Å². The maximum Gasteiger partial charge on any atom is 0.0876 e. The lowest BCUT2D eigenvalue weighted by Gasteiger charge is -2.28. The normalized spacial score (nSPS) is 13.2. The summed E-state index contributed by atoms with van der Waals surface area (Å²) in [6.07, 6.45) is 0. The van der Waals surface area contributed by atoms with Gasteiger partial charge in [0.15, 0.2) is 0 Å². The van der Waals surface area contributed by atoms with Crippen molar-refractivity contribution in [3.63, 3.8) is 0 Å². The minimum atomic E-state index is -0.841. The molecule has 0 amide bonds. The number of fused-ring (bicyclic) bond motifs is 1. The van der Waals surface area contributed by atoms with Crippen molar-refractivity contribution < 1.29 is 5.11 Å². The molecule has 0 bridgehead atoms.